The number of nitrogen functional groups attached to an aromatic ring is 1. The third kappa shape index (κ3) is 5.54. The number of nitrogens with one attached hydrogen (secondary N) is 1. The molecule has 1 aliphatic heterocycles. The second-order valence-electron chi connectivity index (χ2n) is 8.74. The van der Waals surface area contributed by atoms with Crippen LogP contribution in [0, 0.1) is 5.41 Å². The number of nitrogens with zero attached hydrogens (tertiary/aromatic N) is 3. The van der Waals surface area contributed by atoms with Gasteiger partial charge in [0.2, 0.25) is 5.95 Å². The number of anilines is 1. The van der Waals surface area contributed by atoms with E-state index >= 15 is 0 Å². The molecule has 1 saturated heterocycles. The molecule has 34 heavy (non-hydrogen) atoms. The van der Waals surface area contributed by atoms with Gasteiger partial charge in [0, 0.05) is 11.2 Å². The van der Waals surface area contributed by atoms with Gasteiger partial charge >= 0.3 is 8.25 Å². The van der Waals surface area contributed by atoms with Crippen LogP contribution in [-0.4, -0.2) is 71.6 Å². The lowest BCUT2D eigenvalue weighted by molar-refractivity contribution is -0.118. The van der Waals surface area contributed by atoms with Crippen molar-refractivity contribution in [2.75, 3.05) is 24.7 Å². The first-order chi connectivity index (χ1) is 15.9. The molecule has 3 rings (SSSR count). The fourth-order valence-electron chi connectivity index (χ4n) is 3.20. The summed E-state index contributed by atoms with van der Waals surface area (Å²) in [5.74, 6) is 0.177. The highest BCUT2D eigenvalue weighted by Gasteiger charge is 2.53. The van der Waals surface area contributed by atoms with Crippen molar-refractivity contribution < 1.29 is 33.4 Å². The van der Waals surface area contributed by atoms with E-state index in [4.69, 9.17) is 19.5 Å². The molecule has 0 saturated carbocycles. The summed E-state index contributed by atoms with van der Waals surface area (Å²) < 4.78 is 29.5. The third-order valence-corrected chi connectivity index (χ3v) is 7.90. The molecule has 0 spiro atoms. The Balaban J connectivity index is 1.57. The van der Waals surface area contributed by atoms with Gasteiger partial charge in [0.1, 0.15) is 17.8 Å². The predicted molar refractivity (Wildman–Crippen MR) is 126 cm³/mol. The average Bonchev–Trinajstić information content (AvgIpc) is 3.28. The Morgan fingerprint density at radius 1 is 1.47 bits per heavy atom. The fourth-order valence-corrected chi connectivity index (χ4v) is 4.87. The zero-order valence-corrected chi connectivity index (χ0v) is 21.1. The van der Waals surface area contributed by atoms with Crippen LogP contribution in [0.25, 0.3) is 11.2 Å². The van der Waals surface area contributed by atoms with Crippen LogP contribution in [0.5, 0.6) is 0 Å². The SMILES string of the molecule is CCC(C)(C)C(=O)SCCO[PH](=O)OC[C@H]1O[C@@H](n2cnc3c(=O)[nH]c(N)nc32)C(O)[C@]1(C)O. The van der Waals surface area contributed by atoms with Crippen molar-refractivity contribution in [3.8, 4) is 0 Å². The Morgan fingerprint density at radius 3 is 2.85 bits per heavy atom. The molecule has 2 aromatic rings. The summed E-state index contributed by atoms with van der Waals surface area (Å²) in [7, 11) is -2.94. The van der Waals surface area contributed by atoms with Crippen LogP contribution >= 0.6 is 20.0 Å². The highest BCUT2D eigenvalue weighted by atomic mass is 32.2. The predicted octanol–water partition coefficient (Wildman–Crippen LogP) is 0.830. The van der Waals surface area contributed by atoms with Gasteiger partial charge in [-0.05, 0) is 13.3 Å². The minimum Gasteiger partial charge on any atom is -0.385 e. The number of hydrogen-bond acceptors (Lipinski definition) is 12. The van der Waals surface area contributed by atoms with Crippen LogP contribution in [0.3, 0.4) is 0 Å². The molecule has 0 bridgehead atoms. The molecule has 2 aromatic heterocycles. The Hall–Kier alpha value is -1.80. The van der Waals surface area contributed by atoms with Gasteiger partial charge in [-0.25, -0.2) is 4.98 Å². The molecule has 1 fully saturated rings. The standard InChI is InChI=1S/C19H30N5O8PS/c1-5-18(2,3)16(27)34-7-6-30-33(29)31-8-10-19(4,28)12(25)15(32-10)24-9-21-11-13(24)22-17(20)23-14(11)26/h9-10,12,15,25,28,33H,5-8H2,1-4H3,(H3,20,22,23,26)/t10-,12?,15-,19-/m1/s1. The molecule has 3 heterocycles. The Morgan fingerprint density at radius 2 is 2.18 bits per heavy atom. The zero-order valence-electron chi connectivity index (χ0n) is 19.3. The van der Waals surface area contributed by atoms with Crippen molar-refractivity contribution >= 4 is 42.2 Å². The first kappa shape index (κ1) is 26.8. The number of H-pyrrole nitrogens is 1. The first-order valence-electron chi connectivity index (χ1n) is 10.6. The van der Waals surface area contributed by atoms with Crippen molar-refractivity contribution in [2.24, 2.45) is 5.41 Å². The van der Waals surface area contributed by atoms with Gasteiger partial charge in [-0.2, -0.15) is 4.98 Å². The van der Waals surface area contributed by atoms with Crippen molar-refractivity contribution in [1.29, 1.82) is 0 Å². The number of nitrogens with two attached hydrogens (primary N) is 1. The van der Waals surface area contributed by atoms with Crippen molar-refractivity contribution in [3.63, 3.8) is 0 Å². The first-order valence-corrected chi connectivity index (χ1v) is 12.8. The summed E-state index contributed by atoms with van der Waals surface area (Å²) >= 11 is 1.11. The summed E-state index contributed by atoms with van der Waals surface area (Å²) in [6.07, 6.45) is -1.74. The van der Waals surface area contributed by atoms with E-state index < -0.39 is 43.3 Å². The molecule has 190 valence electrons. The van der Waals surface area contributed by atoms with E-state index in [1.54, 1.807) is 0 Å². The number of hydrogen-bond donors (Lipinski definition) is 4. The lowest BCUT2D eigenvalue weighted by Gasteiger charge is -2.26. The number of carbonyl (C=O) groups is 1. The van der Waals surface area contributed by atoms with E-state index in [-0.39, 0.29) is 35.4 Å². The number of fused-ring (bicyclic) bond motifs is 1. The lowest BCUT2D eigenvalue weighted by atomic mass is 9.92. The van der Waals surface area contributed by atoms with Crippen molar-refractivity contribution in [2.45, 2.75) is 58.2 Å². The van der Waals surface area contributed by atoms with E-state index in [2.05, 4.69) is 15.0 Å². The number of rotatable bonds is 10. The molecule has 5 atom stereocenters. The van der Waals surface area contributed by atoms with E-state index in [0.29, 0.717) is 12.2 Å². The molecule has 5 N–H and O–H groups in total. The van der Waals surface area contributed by atoms with Crippen LogP contribution in [0.2, 0.25) is 0 Å². The summed E-state index contributed by atoms with van der Waals surface area (Å²) in [5, 5.41) is 21.5. The van der Waals surface area contributed by atoms with Crippen LogP contribution < -0.4 is 11.3 Å². The number of imidazole rings is 1. The zero-order chi connectivity index (χ0) is 25.3. The molecule has 0 aliphatic carbocycles. The molecule has 1 aliphatic rings. The minimum absolute atomic E-state index is 0.0125. The molecule has 0 amide bonds. The number of carbonyl (C=O) groups excluding carboxylic acids is 1. The van der Waals surface area contributed by atoms with Gasteiger partial charge < -0.3 is 29.7 Å². The molecular weight excluding hydrogens is 489 g/mol. The molecular formula is C19H30N5O8PS. The maximum absolute atomic E-state index is 12.1. The van der Waals surface area contributed by atoms with Crippen LogP contribution in [-0.2, 0) is 23.1 Å². The maximum Gasteiger partial charge on any atom is 0.319 e. The third-order valence-electron chi connectivity index (χ3n) is 5.87. The molecule has 13 nitrogen and oxygen atoms in total. The normalized spacial score (nSPS) is 26.2. The van der Waals surface area contributed by atoms with Crippen LogP contribution in [0.4, 0.5) is 5.95 Å². The van der Waals surface area contributed by atoms with E-state index in [0.717, 1.165) is 11.8 Å². The van der Waals surface area contributed by atoms with E-state index in [9.17, 15) is 24.4 Å². The van der Waals surface area contributed by atoms with Crippen molar-refractivity contribution in [3.05, 3.63) is 16.7 Å². The fraction of sp³-hybridized carbons (Fsp3) is 0.684. The molecule has 0 aromatic carbocycles. The number of aromatic nitrogens is 4. The smallest absolute Gasteiger partial charge is 0.319 e. The number of ether oxygens (including phenoxy) is 1. The Kier molecular flexibility index (Phi) is 8.23. The maximum atomic E-state index is 12.1. The topological polar surface area (TPSA) is 192 Å². The van der Waals surface area contributed by atoms with Gasteiger partial charge in [-0.15, -0.1) is 0 Å². The summed E-state index contributed by atoms with van der Waals surface area (Å²) in [4.78, 5) is 34.4. The highest BCUT2D eigenvalue weighted by Crippen LogP contribution is 2.39. The Bertz CT molecular complexity index is 1120. The van der Waals surface area contributed by atoms with Gasteiger partial charge in [-0.3, -0.25) is 23.7 Å². The number of aromatic amines is 1. The van der Waals surface area contributed by atoms with Crippen molar-refractivity contribution in [1.82, 2.24) is 19.5 Å². The average molecular weight is 520 g/mol. The Labute approximate surface area is 200 Å². The van der Waals surface area contributed by atoms with E-state index in [1.165, 1.54) is 17.8 Å². The molecule has 15 heteroatoms. The van der Waals surface area contributed by atoms with Gasteiger partial charge in [0.05, 0.1) is 19.5 Å². The number of aliphatic hydroxyl groups is 2. The largest absolute Gasteiger partial charge is 0.385 e. The summed E-state index contributed by atoms with van der Waals surface area (Å²) in [6, 6.07) is 0. The second kappa shape index (κ2) is 10.4. The lowest BCUT2D eigenvalue weighted by Crippen LogP contribution is -2.46. The molecule has 2 unspecified atom stereocenters. The monoisotopic (exact) mass is 519 g/mol. The van der Waals surface area contributed by atoms with Gasteiger partial charge in [-0.1, -0.05) is 32.5 Å². The van der Waals surface area contributed by atoms with Crippen LogP contribution in [0.1, 0.15) is 40.3 Å². The second-order valence-corrected chi connectivity index (χ2v) is 10.9. The highest BCUT2D eigenvalue weighted by molar-refractivity contribution is 8.13. The van der Waals surface area contributed by atoms with E-state index in [1.807, 2.05) is 20.8 Å². The summed E-state index contributed by atoms with van der Waals surface area (Å²) in [6.45, 7) is 6.71. The van der Waals surface area contributed by atoms with Crippen LogP contribution in [0.15, 0.2) is 11.1 Å². The van der Waals surface area contributed by atoms with Gasteiger partial charge in [0.25, 0.3) is 5.56 Å². The molecule has 0 radical (unpaired) electrons. The van der Waals surface area contributed by atoms with Gasteiger partial charge in [0.15, 0.2) is 22.5 Å². The number of thioether (sulfide) groups is 1. The quantitative estimate of drug-likeness (QED) is 0.256. The minimum atomic E-state index is -2.94. The summed E-state index contributed by atoms with van der Waals surface area (Å²) in [5.41, 5.74) is 2.86. The number of aliphatic hydroxyl groups excluding tert-OH is 1.